The van der Waals surface area contributed by atoms with Gasteiger partial charge in [0, 0.05) is 16.6 Å². The highest BCUT2D eigenvalue weighted by Gasteiger charge is 2.23. The first kappa shape index (κ1) is 16.5. The third kappa shape index (κ3) is 4.55. The molecule has 0 atom stereocenters. The van der Waals surface area contributed by atoms with Gasteiger partial charge in [-0.25, -0.2) is 0 Å². The Hall–Kier alpha value is -1.39. The van der Waals surface area contributed by atoms with Crippen LogP contribution in [0.15, 0.2) is 41.8 Å². The molecule has 2 aromatic rings. The van der Waals surface area contributed by atoms with Crippen molar-refractivity contribution in [1.29, 1.82) is 0 Å². The minimum atomic E-state index is 0.565. The summed E-state index contributed by atoms with van der Waals surface area (Å²) < 4.78 is 0. The summed E-state index contributed by atoms with van der Waals surface area (Å²) in [6.45, 7) is 3.03. The zero-order valence-electron chi connectivity index (χ0n) is 13.6. The van der Waals surface area contributed by atoms with Crippen molar-refractivity contribution in [2.45, 2.75) is 51.6 Å². The smallest absolute Gasteiger partial charge is 0.174 e. The molecule has 0 aliphatic heterocycles. The first-order chi connectivity index (χ1) is 11.2. The standard InChI is InChI=1S/C19H24N2S2/c1-15-7-5-8-16(13-15)20-19(22)21(14-18-11-6-12-23-18)17-9-3-2-4-10-17/h5-8,11-13,17H,2-4,9-10,14H2,1H3,(H,20,22). The Labute approximate surface area is 148 Å². The molecule has 0 spiro atoms. The molecule has 4 heteroatoms. The molecule has 3 rings (SSSR count). The van der Waals surface area contributed by atoms with Gasteiger partial charge in [0.25, 0.3) is 0 Å². The number of nitrogens with zero attached hydrogens (tertiary/aromatic N) is 1. The fourth-order valence-electron chi connectivity index (χ4n) is 3.25. The number of hydrogen-bond donors (Lipinski definition) is 1. The van der Waals surface area contributed by atoms with Gasteiger partial charge in [0.15, 0.2) is 5.11 Å². The molecule has 0 bridgehead atoms. The second kappa shape index (κ2) is 7.93. The van der Waals surface area contributed by atoms with Crippen LogP contribution in [0.5, 0.6) is 0 Å². The quantitative estimate of drug-likeness (QED) is 0.728. The molecule has 1 aromatic heterocycles. The molecule has 1 aliphatic carbocycles. The van der Waals surface area contributed by atoms with Crippen LogP contribution in [-0.2, 0) is 6.54 Å². The van der Waals surface area contributed by atoms with Crippen LogP contribution in [0.2, 0.25) is 0 Å². The van der Waals surface area contributed by atoms with E-state index in [1.165, 1.54) is 42.5 Å². The highest BCUT2D eigenvalue weighted by molar-refractivity contribution is 7.80. The van der Waals surface area contributed by atoms with Crippen molar-refractivity contribution in [3.63, 3.8) is 0 Å². The van der Waals surface area contributed by atoms with E-state index in [4.69, 9.17) is 12.2 Å². The Morgan fingerprint density at radius 1 is 1.22 bits per heavy atom. The molecule has 122 valence electrons. The molecule has 1 saturated carbocycles. The van der Waals surface area contributed by atoms with Crippen molar-refractivity contribution < 1.29 is 0 Å². The van der Waals surface area contributed by atoms with E-state index in [0.29, 0.717) is 6.04 Å². The Morgan fingerprint density at radius 2 is 2.04 bits per heavy atom. The van der Waals surface area contributed by atoms with Gasteiger partial charge in [-0.1, -0.05) is 37.5 Å². The van der Waals surface area contributed by atoms with Gasteiger partial charge in [0.1, 0.15) is 0 Å². The second-order valence-corrected chi connectivity index (χ2v) is 7.72. The van der Waals surface area contributed by atoms with Gasteiger partial charge in [0.2, 0.25) is 0 Å². The zero-order chi connectivity index (χ0) is 16.1. The average molecular weight is 345 g/mol. The molecule has 1 aliphatic rings. The molecule has 1 fully saturated rings. The number of hydrogen-bond acceptors (Lipinski definition) is 2. The third-order valence-electron chi connectivity index (χ3n) is 4.45. The predicted molar refractivity (Wildman–Crippen MR) is 104 cm³/mol. The second-order valence-electron chi connectivity index (χ2n) is 6.30. The maximum absolute atomic E-state index is 5.77. The van der Waals surface area contributed by atoms with Crippen LogP contribution in [0.25, 0.3) is 0 Å². The highest BCUT2D eigenvalue weighted by Crippen LogP contribution is 2.26. The molecule has 0 saturated heterocycles. The third-order valence-corrected chi connectivity index (χ3v) is 5.65. The minimum Gasteiger partial charge on any atom is -0.341 e. The maximum Gasteiger partial charge on any atom is 0.174 e. The summed E-state index contributed by atoms with van der Waals surface area (Å²) in [5.41, 5.74) is 2.34. The van der Waals surface area contributed by atoms with Crippen LogP contribution in [0.3, 0.4) is 0 Å². The number of rotatable bonds is 4. The van der Waals surface area contributed by atoms with Gasteiger partial charge in [-0.15, -0.1) is 11.3 Å². The molecule has 1 aromatic carbocycles. The fourth-order valence-corrected chi connectivity index (χ4v) is 4.28. The minimum absolute atomic E-state index is 0.565. The number of nitrogens with one attached hydrogen (secondary N) is 1. The molecule has 0 amide bonds. The summed E-state index contributed by atoms with van der Waals surface area (Å²) in [5.74, 6) is 0. The molecule has 1 heterocycles. The maximum atomic E-state index is 5.77. The first-order valence-corrected chi connectivity index (χ1v) is 9.68. The number of thiophene rings is 1. The van der Waals surface area contributed by atoms with E-state index in [0.717, 1.165) is 17.3 Å². The van der Waals surface area contributed by atoms with Gasteiger partial charge in [-0.2, -0.15) is 0 Å². The number of aryl methyl sites for hydroxylation is 1. The summed E-state index contributed by atoms with van der Waals surface area (Å²) in [6, 6.07) is 13.3. The molecule has 23 heavy (non-hydrogen) atoms. The molecular formula is C19H24N2S2. The van der Waals surface area contributed by atoms with Crippen LogP contribution in [0.4, 0.5) is 5.69 Å². The van der Waals surface area contributed by atoms with E-state index in [-0.39, 0.29) is 0 Å². The fraction of sp³-hybridized carbons (Fsp3) is 0.421. The van der Waals surface area contributed by atoms with E-state index < -0.39 is 0 Å². The van der Waals surface area contributed by atoms with Gasteiger partial charge >= 0.3 is 0 Å². The van der Waals surface area contributed by atoms with E-state index in [1.807, 2.05) is 11.3 Å². The zero-order valence-corrected chi connectivity index (χ0v) is 15.3. The molecule has 0 radical (unpaired) electrons. The highest BCUT2D eigenvalue weighted by atomic mass is 32.1. The lowest BCUT2D eigenvalue weighted by Crippen LogP contribution is -2.43. The topological polar surface area (TPSA) is 15.3 Å². The Balaban J connectivity index is 1.74. The van der Waals surface area contributed by atoms with Gasteiger partial charge < -0.3 is 10.2 Å². The van der Waals surface area contributed by atoms with Gasteiger partial charge in [-0.05, 0) is 61.1 Å². The van der Waals surface area contributed by atoms with Crippen molar-refractivity contribution in [2.75, 3.05) is 5.32 Å². The van der Waals surface area contributed by atoms with Crippen molar-refractivity contribution in [3.05, 3.63) is 52.2 Å². The largest absolute Gasteiger partial charge is 0.341 e. The number of benzene rings is 1. The van der Waals surface area contributed by atoms with Gasteiger partial charge in [0.05, 0.1) is 6.54 Å². The van der Waals surface area contributed by atoms with Crippen molar-refractivity contribution >= 4 is 34.4 Å². The normalized spacial score (nSPS) is 15.3. The van der Waals surface area contributed by atoms with E-state index >= 15 is 0 Å². The molecular weight excluding hydrogens is 320 g/mol. The molecule has 0 unspecified atom stereocenters. The average Bonchev–Trinajstić information content (AvgIpc) is 3.06. The lowest BCUT2D eigenvalue weighted by molar-refractivity contribution is 0.242. The monoisotopic (exact) mass is 344 g/mol. The number of thiocarbonyl (C=S) groups is 1. The molecule has 2 nitrogen and oxygen atoms in total. The molecule has 1 N–H and O–H groups in total. The Morgan fingerprint density at radius 3 is 2.74 bits per heavy atom. The SMILES string of the molecule is Cc1cccc(NC(=S)N(Cc2cccs2)C2CCCCC2)c1. The summed E-state index contributed by atoms with van der Waals surface area (Å²) in [5, 5.41) is 6.46. The predicted octanol–water partition coefficient (Wildman–Crippen LogP) is 5.59. The summed E-state index contributed by atoms with van der Waals surface area (Å²) in [4.78, 5) is 3.78. The van der Waals surface area contributed by atoms with E-state index in [9.17, 15) is 0 Å². The van der Waals surface area contributed by atoms with Crippen LogP contribution in [0.1, 0.15) is 42.5 Å². The number of anilines is 1. The van der Waals surface area contributed by atoms with E-state index in [2.05, 4.69) is 58.9 Å². The van der Waals surface area contributed by atoms with Gasteiger partial charge in [-0.3, -0.25) is 0 Å². The van der Waals surface area contributed by atoms with Crippen LogP contribution < -0.4 is 5.32 Å². The van der Waals surface area contributed by atoms with Crippen LogP contribution >= 0.6 is 23.6 Å². The summed E-state index contributed by atoms with van der Waals surface area (Å²) in [7, 11) is 0. The lowest BCUT2D eigenvalue weighted by Gasteiger charge is -2.36. The Kier molecular flexibility index (Phi) is 5.68. The Bertz CT molecular complexity index is 631. The summed E-state index contributed by atoms with van der Waals surface area (Å²) in [6.07, 6.45) is 6.50. The first-order valence-electron chi connectivity index (χ1n) is 8.39. The van der Waals surface area contributed by atoms with Crippen molar-refractivity contribution in [2.24, 2.45) is 0 Å². The lowest BCUT2D eigenvalue weighted by atomic mass is 9.94. The summed E-state index contributed by atoms with van der Waals surface area (Å²) >= 11 is 7.59. The van der Waals surface area contributed by atoms with Crippen molar-refractivity contribution in [1.82, 2.24) is 4.90 Å². The van der Waals surface area contributed by atoms with Crippen LogP contribution in [-0.4, -0.2) is 16.1 Å². The van der Waals surface area contributed by atoms with E-state index in [1.54, 1.807) is 0 Å². The van der Waals surface area contributed by atoms with Crippen LogP contribution in [0, 0.1) is 6.92 Å². The van der Waals surface area contributed by atoms with Crippen molar-refractivity contribution in [3.8, 4) is 0 Å².